The smallest absolute Gasteiger partial charge is 0.262 e. The summed E-state index contributed by atoms with van der Waals surface area (Å²) < 4.78 is 5.03. The third-order valence-corrected chi connectivity index (χ3v) is 3.47. The summed E-state index contributed by atoms with van der Waals surface area (Å²) in [7, 11) is 1.47. The summed E-state index contributed by atoms with van der Waals surface area (Å²) in [6.45, 7) is 1.91. The summed E-state index contributed by atoms with van der Waals surface area (Å²) in [4.78, 5) is 12.2. The molecular weight excluding hydrogens is 306 g/mol. The lowest BCUT2D eigenvalue weighted by Gasteiger charge is -2.16. The monoisotopic (exact) mass is 327 g/mol. The number of hydrogen-bond donors (Lipinski definition) is 3. The van der Waals surface area contributed by atoms with Crippen LogP contribution in [0.1, 0.15) is 18.9 Å². The van der Waals surface area contributed by atoms with Gasteiger partial charge in [0.2, 0.25) is 0 Å². The molecule has 0 saturated carbocycles. The maximum Gasteiger partial charge on any atom is 0.262 e. The molecule has 0 heterocycles. The van der Waals surface area contributed by atoms with Crippen molar-refractivity contribution in [2.75, 3.05) is 12.4 Å². The minimum Gasteiger partial charge on any atom is -0.504 e. The Morgan fingerprint density at radius 3 is 2.67 bits per heavy atom. The van der Waals surface area contributed by atoms with Gasteiger partial charge in [-0.3, -0.25) is 4.79 Å². The maximum atomic E-state index is 12.2. The number of nitrogens with zero attached hydrogens (tertiary/aromatic N) is 1. The zero-order valence-electron chi connectivity index (χ0n) is 13.7. The van der Waals surface area contributed by atoms with Gasteiger partial charge in [0.25, 0.3) is 5.91 Å². The third kappa shape index (κ3) is 4.49. The molecule has 0 radical (unpaired) electrons. The highest BCUT2D eigenvalue weighted by Gasteiger charge is 2.15. The van der Waals surface area contributed by atoms with Crippen LogP contribution in [0.25, 0.3) is 0 Å². The number of amides is 1. The number of aromatic hydroxyl groups is 1. The second kappa shape index (κ2) is 8.57. The lowest BCUT2D eigenvalue weighted by Crippen LogP contribution is -2.36. The van der Waals surface area contributed by atoms with E-state index >= 15 is 0 Å². The van der Waals surface area contributed by atoms with Crippen LogP contribution in [-0.4, -0.2) is 30.4 Å². The normalized spacial score (nSPS) is 11.9. The number of carbonyl (C=O) groups is 1. The number of hydrazone groups is 1. The van der Waals surface area contributed by atoms with Gasteiger partial charge >= 0.3 is 0 Å². The molecule has 1 atom stereocenters. The highest BCUT2D eigenvalue weighted by molar-refractivity contribution is 5.88. The fourth-order valence-electron chi connectivity index (χ4n) is 2.14. The number of methoxy groups -OCH3 is 1. The highest BCUT2D eigenvalue weighted by Crippen LogP contribution is 2.27. The van der Waals surface area contributed by atoms with Crippen molar-refractivity contribution < 1.29 is 14.6 Å². The number of nitrogens with one attached hydrogen (secondary N) is 2. The Hall–Kier alpha value is -3.02. The first-order valence-corrected chi connectivity index (χ1v) is 7.66. The van der Waals surface area contributed by atoms with Crippen LogP contribution in [0.3, 0.4) is 0 Å². The van der Waals surface area contributed by atoms with E-state index < -0.39 is 6.04 Å². The van der Waals surface area contributed by atoms with Crippen molar-refractivity contribution in [3.63, 3.8) is 0 Å². The molecule has 1 unspecified atom stereocenters. The van der Waals surface area contributed by atoms with E-state index in [9.17, 15) is 9.90 Å². The van der Waals surface area contributed by atoms with E-state index in [1.54, 1.807) is 18.2 Å². The Bertz CT molecular complexity index is 702. The molecule has 0 aliphatic carbocycles. The van der Waals surface area contributed by atoms with Gasteiger partial charge in [-0.2, -0.15) is 5.10 Å². The van der Waals surface area contributed by atoms with Gasteiger partial charge in [-0.25, -0.2) is 5.43 Å². The fourth-order valence-corrected chi connectivity index (χ4v) is 2.14. The highest BCUT2D eigenvalue weighted by atomic mass is 16.5. The van der Waals surface area contributed by atoms with E-state index in [1.165, 1.54) is 13.3 Å². The largest absolute Gasteiger partial charge is 0.504 e. The molecule has 2 aromatic rings. The quantitative estimate of drug-likeness (QED) is 0.539. The van der Waals surface area contributed by atoms with Gasteiger partial charge in [0.05, 0.1) is 13.3 Å². The topological polar surface area (TPSA) is 83.0 Å². The number of carbonyl (C=O) groups excluding carboxylic acids is 1. The average Bonchev–Trinajstić information content (AvgIpc) is 2.62. The molecule has 6 nitrogen and oxygen atoms in total. The van der Waals surface area contributed by atoms with Crippen LogP contribution in [0.5, 0.6) is 11.5 Å². The van der Waals surface area contributed by atoms with E-state index in [4.69, 9.17) is 4.74 Å². The van der Waals surface area contributed by atoms with Crippen molar-refractivity contribution in [3.05, 3.63) is 54.1 Å². The Morgan fingerprint density at radius 2 is 2.00 bits per heavy atom. The van der Waals surface area contributed by atoms with E-state index in [2.05, 4.69) is 15.8 Å². The van der Waals surface area contributed by atoms with Gasteiger partial charge in [0.1, 0.15) is 6.04 Å². The SMILES string of the molecule is CCC(Nc1ccccc1)C(=O)N/N=C/c1cccc(OC)c1O. The summed E-state index contributed by atoms with van der Waals surface area (Å²) in [6.07, 6.45) is 1.99. The second-order valence-corrected chi connectivity index (χ2v) is 5.10. The van der Waals surface area contributed by atoms with Gasteiger partial charge in [0.15, 0.2) is 11.5 Å². The molecular formula is C18H21N3O3. The van der Waals surface area contributed by atoms with E-state index in [0.29, 0.717) is 17.7 Å². The number of hydrogen-bond acceptors (Lipinski definition) is 5. The van der Waals surface area contributed by atoms with Crippen LogP contribution in [0.2, 0.25) is 0 Å². The van der Waals surface area contributed by atoms with E-state index in [0.717, 1.165) is 5.69 Å². The number of anilines is 1. The number of phenolic OH excluding ortho intramolecular Hbond substituents is 1. The lowest BCUT2D eigenvalue weighted by atomic mass is 10.2. The summed E-state index contributed by atoms with van der Waals surface area (Å²) in [5.41, 5.74) is 3.81. The number of rotatable bonds is 7. The summed E-state index contributed by atoms with van der Waals surface area (Å²) >= 11 is 0. The first-order chi connectivity index (χ1) is 11.7. The number of para-hydroxylation sites is 2. The lowest BCUT2D eigenvalue weighted by molar-refractivity contribution is -0.121. The van der Waals surface area contributed by atoms with Gasteiger partial charge in [-0.1, -0.05) is 31.2 Å². The molecule has 6 heteroatoms. The van der Waals surface area contributed by atoms with Gasteiger partial charge in [-0.15, -0.1) is 0 Å². The van der Waals surface area contributed by atoms with Crippen molar-refractivity contribution in [2.45, 2.75) is 19.4 Å². The second-order valence-electron chi connectivity index (χ2n) is 5.10. The Balaban J connectivity index is 1.98. The van der Waals surface area contributed by atoms with Crippen molar-refractivity contribution >= 4 is 17.8 Å². The van der Waals surface area contributed by atoms with Crippen molar-refractivity contribution in [2.24, 2.45) is 5.10 Å². The van der Waals surface area contributed by atoms with Crippen LogP contribution in [0, 0.1) is 0 Å². The predicted molar refractivity (Wildman–Crippen MR) is 94.5 cm³/mol. The molecule has 3 N–H and O–H groups in total. The van der Waals surface area contributed by atoms with Gasteiger partial charge in [-0.05, 0) is 30.7 Å². The number of benzene rings is 2. The third-order valence-electron chi connectivity index (χ3n) is 3.47. The molecule has 0 aliphatic heterocycles. The molecule has 126 valence electrons. The minimum absolute atomic E-state index is 0.0209. The van der Waals surface area contributed by atoms with Crippen LogP contribution < -0.4 is 15.5 Å². The summed E-state index contributed by atoms with van der Waals surface area (Å²) in [5, 5.41) is 17.0. The summed E-state index contributed by atoms with van der Waals surface area (Å²) in [5.74, 6) is 0.0786. The predicted octanol–water partition coefficient (Wildman–Crippen LogP) is 2.74. The van der Waals surface area contributed by atoms with Crippen LogP contribution in [-0.2, 0) is 4.79 Å². The van der Waals surface area contributed by atoms with Crippen LogP contribution >= 0.6 is 0 Å². The molecule has 0 bridgehead atoms. The first kappa shape index (κ1) is 17.3. The van der Waals surface area contributed by atoms with Crippen LogP contribution in [0.15, 0.2) is 53.6 Å². The Kier molecular flexibility index (Phi) is 6.19. The molecule has 2 rings (SSSR count). The van der Waals surface area contributed by atoms with E-state index in [1.807, 2.05) is 37.3 Å². The summed E-state index contributed by atoms with van der Waals surface area (Å²) in [6, 6.07) is 14.2. The minimum atomic E-state index is -0.400. The molecule has 0 fully saturated rings. The Labute approximate surface area is 141 Å². The number of ether oxygens (including phenoxy) is 1. The molecule has 0 aliphatic rings. The Morgan fingerprint density at radius 1 is 1.25 bits per heavy atom. The maximum absolute atomic E-state index is 12.2. The van der Waals surface area contributed by atoms with Crippen molar-refractivity contribution in [1.82, 2.24) is 5.43 Å². The van der Waals surface area contributed by atoms with Gasteiger partial charge in [0, 0.05) is 11.3 Å². The molecule has 24 heavy (non-hydrogen) atoms. The first-order valence-electron chi connectivity index (χ1n) is 7.66. The standard InChI is InChI=1S/C18H21N3O3/c1-3-15(20-14-9-5-4-6-10-14)18(23)21-19-12-13-8-7-11-16(24-2)17(13)22/h4-12,15,20,22H,3H2,1-2H3,(H,21,23)/b19-12+. The average molecular weight is 327 g/mol. The van der Waals surface area contributed by atoms with Gasteiger partial charge < -0.3 is 15.2 Å². The zero-order valence-corrected chi connectivity index (χ0v) is 13.7. The van der Waals surface area contributed by atoms with Crippen LogP contribution in [0.4, 0.5) is 5.69 Å². The van der Waals surface area contributed by atoms with Crippen molar-refractivity contribution in [3.8, 4) is 11.5 Å². The zero-order chi connectivity index (χ0) is 17.4. The molecule has 2 aromatic carbocycles. The molecule has 0 spiro atoms. The fraction of sp³-hybridized carbons (Fsp3) is 0.222. The van der Waals surface area contributed by atoms with E-state index in [-0.39, 0.29) is 11.7 Å². The molecule has 0 aromatic heterocycles. The molecule has 1 amide bonds. The number of phenols is 1. The van der Waals surface area contributed by atoms with Crippen molar-refractivity contribution in [1.29, 1.82) is 0 Å². The molecule has 0 saturated heterocycles.